The molecule has 14 heavy (non-hydrogen) atoms. The van der Waals surface area contributed by atoms with E-state index >= 15 is 0 Å². The molecular formula is C10H13BrClNO. The zero-order valence-corrected chi connectivity index (χ0v) is 10.3. The molecule has 4 heteroatoms. The van der Waals surface area contributed by atoms with Gasteiger partial charge in [0, 0.05) is 10.4 Å². The Labute approximate surface area is 97.6 Å². The summed E-state index contributed by atoms with van der Waals surface area (Å²) in [5.41, 5.74) is 5.96. The molecule has 2 N–H and O–H groups in total. The molecule has 0 aliphatic carbocycles. The number of carbonyl (C=O) groups is 1. The van der Waals surface area contributed by atoms with Gasteiger partial charge in [-0.15, -0.1) is 11.6 Å². The number of alkyl halides is 1. The summed E-state index contributed by atoms with van der Waals surface area (Å²) < 4.78 is 1.01. The quantitative estimate of drug-likeness (QED) is 0.831. The van der Waals surface area contributed by atoms with Crippen molar-refractivity contribution in [1.29, 1.82) is 0 Å². The first-order valence-electron chi connectivity index (χ1n) is 4.18. The molecule has 1 aromatic rings. The van der Waals surface area contributed by atoms with Crippen molar-refractivity contribution in [2.24, 2.45) is 5.73 Å². The molecule has 0 heterocycles. The Balaban J connectivity index is 0.000000500. The van der Waals surface area contributed by atoms with E-state index in [9.17, 15) is 4.79 Å². The van der Waals surface area contributed by atoms with Crippen LogP contribution in [0, 0.1) is 0 Å². The van der Waals surface area contributed by atoms with Crippen LogP contribution in [0.15, 0.2) is 28.7 Å². The minimum atomic E-state index is -0.299. The maximum Gasteiger partial charge on any atom is 0.221 e. The lowest BCUT2D eigenvalue weighted by Gasteiger charge is -1.95. The first-order valence-corrected chi connectivity index (χ1v) is 5.51. The topological polar surface area (TPSA) is 43.1 Å². The molecule has 78 valence electrons. The molecule has 0 aliphatic heterocycles. The smallest absolute Gasteiger partial charge is 0.221 e. The van der Waals surface area contributed by atoms with E-state index in [1.165, 1.54) is 0 Å². The summed E-state index contributed by atoms with van der Waals surface area (Å²) in [6.07, 6.45) is 0.313. The third-order valence-corrected chi connectivity index (χ3v) is 1.82. The zero-order chi connectivity index (χ0) is 11.0. The second-order valence-electron chi connectivity index (χ2n) is 2.54. The highest BCUT2D eigenvalue weighted by Crippen LogP contribution is 2.10. The summed E-state index contributed by atoms with van der Waals surface area (Å²) in [5.74, 6) is 0.423. The van der Waals surface area contributed by atoms with Crippen LogP contribution in [-0.2, 0) is 11.2 Å². The van der Waals surface area contributed by atoms with E-state index in [-0.39, 0.29) is 5.91 Å². The number of hydrogen-bond acceptors (Lipinski definition) is 1. The number of benzene rings is 1. The van der Waals surface area contributed by atoms with Gasteiger partial charge in [-0.05, 0) is 17.7 Å². The second-order valence-corrected chi connectivity index (χ2v) is 3.99. The first-order chi connectivity index (χ1) is 6.60. The van der Waals surface area contributed by atoms with Gasteiger partial charge in [-0.25, -0.2) is 0 Å². The van der Waals surface area contributed by atoms with E-state index in [0.29, 0.717) is 6.42 Å². The Kier molecular flexibility index (Phi) is 7.52. The molecule has 0 bridgehead atoms. The van der Waals surface area contributed by atoms with E-state index in [2.05, 4.69) is 15.9 Å². The van der Waals surface area contributed by atoms with Crippen LogP contribution in [-0.4, -0.2) is 11.8 Å². The average Bonchev–Trinajstić information content (AvgIpc) is 2.09. The van der Waals surface area contributed by atoms with Crippen LogP contribution in [0.2, 0.25) is 0 Å². The van der Waals surface area contributed by atoms with Crippen molar-refractivity contribution in [2.75, 3.05) is 5.88 Å². The van der Waals surface area contributed by atoms with Gasteiger partial charge in [0.2, 0.25) is 5.91 Å². The Morgan fingerprint density at radius 3 is 2.21 bits per heavy atom. The van der Waals surface area contributed by atoms with Crippen molar-refractivity contribution < 1.29 is 4.79 Å². The predicted molar refractivity (Wildman–Crippen MR) is 63.4 cm³/mol. The summed E-state index contributed by atoms with van der Waals surface area (Å²) in [6.45, 7) is 1.89. The maximum atomic E-state index is 10.5. The number of amides is 1. The molecule has 1 rings (SSSR count). The van der Waals surface area contributed by atoms with Gasteiger partial charge in [0.25, 0.3) is 0 Å². The van der Waals surface area contributed by atoms with E-state index in [1.54, 1.807) is 0 Å². The third kappa shape index (κ3) is 6.92. The molecular weight excluding hydrogens is 265 g/mol. The molecule has 2 nitrogen and oxygen atoms in total. The van der Waals surface area contributed by atoms with Crippen LogP contribution >= 0.6 is 27.5 Å². The number of rotatable bonds is 2. The summed E-state index contributed by atoms with van der Waals surface area (Å²) in [5, 5.41) is 0. The highest BCUT2D eigenvalue weighted by Gasteiger charge is 1.96. The number of halogens is 2. The fourth-order valence-electron chi connectivity index (χ4n) is 0.803. The van der Waals surface area contributed by atoms with E-state index in [1.807, 2.05) is 31.2 Å². The van der Waals surface area contributed by atoms with Gasteiger partial charge in [-0.1, -0.05) is 35.0 Å². The van der Waals surface area contributed by atoms with E-state index in [4.69, 9.17) is 17.3 Å². The molecule has 0 spiro atoms. The molecule has 0 fully saturated rings. The molecule has 0 aliphatic rings. The van der Waals surface area contributed by atoms with Gasteiger partial charge in [0.05, 0.1) is 6.42 Å². The van der Waals surface area contributed by atoms with Gasteiger partial charge in [0.15, 0.2) is 0 Å². The van der Waals surface area contributed by atoms with Gasteiger partial charge in [-0.3, -0.25) is 4.79 Å². The monoisotopic (exact) mass is 277 g/mol. The molecule has 1 amide bonds. The standard InChI is InChI=1S/C8H8BrNO.C2H5Cl/c9-7-3-1-6(2-4-7)5-8(10)11;1-2-3/h1-4H,5H2,(H2,10,11);2H2,1H3. The lowest BCUT2D eigenvalue weighted by Crippen LogP contribution is -2.13. The van der Waals surface area contributed by atoms with Gasteiger partial charge < -0.3 is 5.73 Å². The average molecular weight is 279 g/mol. The Morgan fingerprint density at radius 2 is 1.86 bits per heavy atom. The van der Waals surface area contributed by atoms with Crippen molar-refractivity contribution in [3.8, 4) is 0 Å². The number of hydrogen-bond donors (Lipinski definition) is 1. The zero-order valence-electron chi connectivity index (χ0n) is 7.97. The van der Waals surface area contributed by atoms with Crippen LogP contribution in [0.3, 0.4) is 0 Å². The molecule has 0 radical (unpaired) electrons. The van der Waals surface area contributed by atoms with Crippen molar-refractivity contribution in [3.05, 3.63) is 34.3 Å². The lowest BCUT2D eigenvalue weighted by molar-refractivity contribution is -0.117. The second kappa shape index (κ2) is 7.83. The van der Waals surface area contributed by atoms with Crippen molar-refractivity contribution >= 4 is 33.4 Å². The SMILES string of the molecule is CCCl.NC(=O)Cc1ccc(Br)cc1. The molecule has 0 saturated carbocycles. The minimum absolute atomic E-state index is 0.299. The Hall–Kier alpha value is -0.540. The van der Waals surface area contributed by atoms with Crippen LogP contribution in [0.5, 0.6) is 0 Å². The summed E-state index contributed by atoms with van der Waals surface area (Å²) in [7, 11) is 0. The van der Waals surface area contributed by atoms with Crippen LogP contribution in [0.25, 0.3) is 0 Å². The van der Waals surface area contributed by atoms with Crippen LogP contribution in [0.4, 0.5) is 0 Å². The normalized spacial score (nSPS) is 8.79. The van der Waals surface area contributed by atoms with Crippen molar-refractivity contribution in [1.82, 2.24) is 0 Å². The minimum Gasteiger partial charge on any atom is -0.369 e. The highest BCUT2D eigenvalue weighted by molar-refractivity contribution is 9.10. The third-order valence-electron chi connectivity index (χ3n) is 1.29. The van der Waals surface area contributed by atoms with Crippen LogP contribution < -0.4 is 5.73 Å². The van der Waals surface area contributed by atoms with Crippen molar-refractivity contribution in [3.63, 3.8) is 0 Å². The lowest BCUT2D eigenvalue weighted by atomic mass is 10.1. The van der Waals surface area contributed by atoms with Gasteiger partial charge >= 0.3 is 0 Å². The fourth-order valence-corrected chi connectivity index (χ4v) is 1.07. The molecule has 0 aromatic heterocycles. The van der Waals surface area contributed by atoms with Gasteiger partial charge in [0.1, 0.15) is 0 Å². The fraction of sp³-hybridized carbons (Fsp3) is 0.300. The number of nitrogens with two attached hydrogens (primary N) is 1. The van der Waals surface area contributed by atoms with E-state index < -0.39 is 0 Å². The summed E-state index contributed by atoms with van der Waals surface area (Å²) >= 11 is 8.29. The molecule has 0 atom stereocenters. The largest absolute Gasteiger partial charge is 0.369 e. The summed E-state index contributed by atoms with van der Waals surface area (Å²) in [4.78, 5) is 10.5. The predicted octanol–water partition coefficient (Wildman–Crippen LogP) is 2.72. The number of carbonyl (C=O) groups excluding carboxylic acids is 1. The number of primary amides is 1. The Morgan fingerprint density at radius 1 is 1.43 bits per heavy atom. The van der Waals surface area contributed by atoms with Crippen molar-refractivity contribution in [2.45, 2.75) is 13.3 Å². The van der Waals surface area contributed by atoms with Gasteiger partial charge in [-0.2, -0.15) is 0 Å². The molecule has 1 aromatic carbocycles. The highest BCUT2D eigenvalue weighted by atomic mass is 79.9. The first kappa shape index (κ1) is 13.5. The maximum absolute atomic E-state index is 10.5. The summed E-state index contributed by atoms with van der Waals surface area (Å²) in [6, 6.07) is 7.51. The molecule has 0 saturated heterocycles. The van der Waals surface area contributed by atoms with Crippen LogP contribution in [0.1, 0.15) is 12.5 Å². The molecule has 0 unspecified atom stereocenters. The Bertz CT molecular complexity index is 274. The van der Waals surface area contributed by atoms with E-state index in [0.717, 1.165) is 15.9 Å².